The van der Waals surface area contributed by atoms with E-state index in [9.17, 15) is 0 Å². The van der Waals surface area contributed by atoms with Gasteiger partial charge in [-0.3, -0.25) is 4.98 Å². The summed E-state index contributed by atoms with van der Waals surface area (Å²) in [6.45, 7) is 7.93. The van der Waals surface area contributed by atoms with Crippen LogP contribution in [0.3, 0.4) is 0 Å². The highest BCUT2D eigenvalue weighted by molar-refractivity contribution is 5.82. The third kappa shape index (κ3) is 3.54. The van der Waals surface area contributed by atoms with Gasteiger partial charge in [0, 0.05) is 36.0 Å². The summed E-state index contributed by atoms with van der Waals surface area (Å²) in [6.07, 6.45) is 13.9. The topological polar surface area (TPSA) is 53.6 Å². The van der Waals surface area contributed by atoms with E-state index in [1.807, 2.05) is 49.7 Å². The predicted octanol–water partition coefficient (Wildman–Crippen LogP) is 4.08. The zero-order valence-corrected chi connectivity index (χ0v) is 14.1. The number of hydrogen-bond donors (Lipinski definition) is 2. The van der Waals surface area contributed by atoms with E-state index < -0.39 is 0 Å². The molecule has 4 heteroatoms. The first-order valence-electron chi connectivity index (χ1n) is 8.50. The highest BCUT2D eigenvalue weighted by Crippen LogP contribution is 2.31. The van der Waals surface area contributed by atoms with Gasteiger partial charge >= 0.3 is 0 Å². The van der Waals surface area contributed by atoms with Gasteiger partial charge in [-0.2, -0.15) is 0 Å². The van der Waals surface area contributed by atoms with Crippen LogP contribution in [0, 0.1) is 0 Å². The van der Waals surface area contributed by atoms with Crippen LogP contribution in [0.5, 0.6) is 0 Å². The van der Waals surface area contributed by atoms with Crippen molar-refractivity contribution in [2.45, 2.75) is 25.7 Å². The summed E-state index contributed by atoms with van der Waals surface area (Å²) in [5.74, 6) is 1.49. The lowest BCUT2D eigenvalue weighted by atomic mass is 9.99. The van der Waals surface area contributed by atoms with Crippen molar-refractivity contribution in [3.63, 3.8) is 0 Å². The first-order chi connectivity index (χ1) is 11.8. The van der Waals surface area contributed by atoms with Crippen LogP contribution in [0.15, 0.2) is 55.4 Å². The average molecular weight is 320 g/mol. The normalized spacial score (nSPS) is 18.9. The number of aromatic amines is 1. The van der Waals surface area contributed by atoms with Crippen molar-refractivity contribution in [3.8, 4) is 11.3 Å². The summed E-state index contributed by atoms with van der Waals surface area (Å²) in [6, 6.07) is 4.03. The molecule has 0 aliphatic carbocycles. The lowest BCUT2D eigenvalue weighted by Crippen LogP contribution is -2.28. The Balaban J connectivity index is 2.09. The Bertz CT molecular complexity index is 734. The molecular formula is C20H24N4. The number of rotatable bonds is 5. The van der Waals surface area contributed by atoms with Gasteiger partial charge in [0.25, 0.3) is 0 Å². The van der Waals surface area contributed by atoms with Gasteiger partial charge in [-0.25, -0.2) is 4.98 Å². The molecule has 1 fully saturated rings. The largest absolute Gasteiger partial charge is 0.341 e. The van der Waals surface area contributed by atoms with Crippen LogP contribution in [0.25, 0.3) is 16.8 Å². The quantitative estimate of drug-likeness (QED) is 0.816. The van der Waals surface area contributed by atoms with Gasteiger partial charge in [0.1, 0.15) is 5.82 Å². The van der Waals surface area contributed by atoms with Gasteiger partial charge in [-0.1, -0.05) is 30.9 Å². The smallest absolute Gasteiger partial charge is 0.111 e. The summed E-state index contributed by atoms with van der Waals surface area (Å²) < 4.78 is 0. The molecule has 24 heavy (non-hydrogen) atoms. The number of aromatic nitrogens is 3. The Kier molecular flexibility index (Phi) is 5.39. The fourth-order valence-corrected chi connectivity index (χ4v) is 3.13. The minimum Gasteiger partial charge on any atom is -0.341 e. The van der Waals surface area contributed by atoms with Crippen LogP contribution in [0.2, 0.25) is 0 Å². The molecule has 2 N–H and O–H groups in total. The maximum Gasteiger partial charge on any atom is 0.111 e. The summed E-state index contributed by atoms with van der Waals surface area (Å²) in [4.78, 5) is 12.7. The highest BCUT2D eigenvalue weighted by atomic mass is 15.0. The Hall–Kier alpha value is -2.46. The van der Waals surface area contributed by atoms with Crippen molar-refractivity contribution in [2.75, 3.05) is 13.1 Å². The number of H-pyrrole nitrogens is 1. The fraction of sp³-hybridized carbons (Fsp3) is 0.300. The molecule has 2 aromatic heterocycles. The number of imidazole rings is 1. The van der Waals surface area contributed by atoms with Crippen LogP contribution in [-0.4, -0.2) is 28.0 Å². The van der Waals surface area contributed by atoms with Gasteiger partial charge in [-0.05, 0) is 38.4 Å². The molecule has 1 atom stereocenters. The number of hydrogen-bond acceptors (Lipinski definition) is 3. The minimum atomic E-state index is 0.434. The number of piperidine rings is 1. The van der Waals surface area contributed by atoms with Crippen molar-refractivity contribution in [1.82, 2.24) is 20.3 Å². The fourth-order valence-electron chi connectivity index (χ4n) is 3.13. The van der Waals surface area contributed by atoms with E-state index in [0.717, 1.165) is 41.4 Å². The lowest BCUT2D eigenvalue weighted by Gasteiger charge is -2.20. The maximum atomic E-state index is 4.96. The Morgan fingerprint density at radius 1 is 1.33 bits per heavy atom. The van der Waals surface area contributed by atoms with Gasteiger partial charge in [-0.15, -0.1) is 0 Å². The molecule has 124 valence electrons. The van der Waals surface area contributed by atoms with Gasteiger partial charge in [0.15, 0.2) is 0 Å². The maximum absolute atomic E-state index is 4.96. The first-order valence-corrected chi connectivity index (χ1v) is 8.50. The van der Waals surface area contributed by atoms with Crippen molar-refractivity contribution in [3.05, 3.63) is 66.9 Å². The minimum absolute atomic E-state index is 0.434. The van der Waals surface area contributed by atoms with Crippen molar-refractivity contribution in [1.29, 1.82) is 0 Å². The van der Waals surface area contributed by atoms with E-state index >= 15 is 0 Å². The van der Waals surface area contributed by atoms with E-state index in [2.05, 4.69) is 27.9 Å². The van der Waals surface area contributed by atoms with Crippen molar-refractivity contribution >= 4 is 5.57 Å². The Morgan fingerprint density at radius 2 is 2.17 bits per heavy atom. The third-order valence-electron chi connectivity index (χ3n) is 4.29. The molecule has 0 spiro atoms. The van der Waals surface area contributed by atoms with E-state index in [1.54, 1.807) is 0 Å². The van der Waals surface area contributed by atoms with E-state index in [0.29, 0.717) is 5.92 Å². The summed E-state index contributed by atoms with van der Waals surface area (Å²) in [7, 11) is 0. The molecule has 4 nitrogen and oxygen atoms in total. The van der Waals surface area contributed by atoms with Crippen LogP contribution in [0.4, 0.5) is 0 Å². The molecule has 0 bridgehead atoms. The SMILES string of the molecule is C=C/C=C(\C=C/C)c1nc(C2CCCNC2)[nH]c1-c1ccncc1. The molecular weight excluding hydrogens is 296 g/mol. The van der Waals surface area contributed by atoms with E-state index in [1.165, 1.54) is 12.8 Å². The van der Waals surface area contributed by atoms with E-state index in [-0.39, 0.29) is 0 Å². The van der Waals surface area contributed by atoms with Gasteiger partial charge in [0.05, 0.1) is 11.4 Å². The van der Waals surface area contributed by atoms with Crippen molar-refractivity contribution in [2.24, 2.45) is 0 Å². The second kappa shape index (κ2) is 7.88. The van der Waals surface area contributed by atoms with Crippen molar-refractivity contribution < 1.29 is 0 Å². The lowest BCUT2D eigenvalue weighted by molar-refractivity contribution is 0.449. The molecule has 0 saturated carbocycles. The predicted molar refractivity (Wildman–Crippen MR) is 99.7 cm³/mol. The second-order valence-corrected chi connectivity index (χ2v) is 5.98. The molecule has 0 amide bonds. The summed E-state index contributed by atoms with van der Waals surface area (Å²) in [5.41, 5.74) is 4.18. The molecule has 0 radical (unpaired) electrons. The average Bonchev–Trinajstić information content (AvgIpc) is 3.08. The standard InChI is InChI=1S/C20H24N4/c1-3-6-15(7-4-2)18-19(16-9-12-21-13-10-16)24-20(23-18)17-8-5-11-22-14-17/h3-4,6-7,9-10,12-13,17,22H,1,5,8,11,14H2,2H3,(H,23,24)/b7-4-,15-6+. The third-order valence-corrected chi connectivity index (χ3v) is 4.29. The number of nitrogens with one attached hydrogen (secondary N) is 2. The van der Waals surface area contributed by atoms with Crippen LogP contribution in [0.1, 0.15) is 37.2 Å². The Morgan fingerprint density at radius 3 is 2.83 bits per heavy atom. The van der Waals surface area contributed by atoms with Gasteiger partial charge < -0.3 is 10.3 Å². The van der Waals surface area contributed by atoms with Crippen LogP contribution < -0.4 is 5.32 Å². The molecule has 0 aromatic carbocycles. The zero-order valence-electron chi connectivity index (χ0n) is 14.1. The Labute approximate surface area is 143 Å². The molecule has 3 heterocycles. The number of nitrogens with zero attached hydrogens (tertiary/aromatic N) is 2. The monoisotopic (exact) mass is 320 g/mol. The number of pyridine rings is 1. The van der Waals surface area contributed by atoms with E-state index in [4.69, 9.17) is 4.98 Å². The van der Waals surface area contributed by atoms with Crippen LogP contribution >= 0.6 is 0 Å². The molecule has 1 aliphatic rings. The summed E-state index contributed by atoms with van der Waals surface area (Å²) in [5, 5.41) is 3.47. The summed E-state index contributed by atoms with van der Waals surface area (Å²) >= 11 is 0. The number of allylic oxidation sites excluding steroid dienone is 5. The zero-order chi connectivity index (χ0) is 16.8. The van der Waals surface area contributed by atoms with Gasteiger partial charge in [0.2, 0.25) is 0 Å². The highest BCUT2D eigenvalue weighted by Gasteiger charge is 2.22. The molecule has 1 aliphatic heterocycles. The second-order valence-electron chi connectivity index (χ2n) is 5.98. The molecule has 1 saturated heterocycles. The molecule has 2 aromatic rings. The first kappa shape index (κ1) is 16.4. The molecule has 3 rings (SSSR count). The molecule has 1 unspecified atom stereocenters. The van der Waals surface area contributed by atoms with Crippen LogP contribution in [-0.2, 0) is 0 Å².